The van der Waals surface area contributed by atoms with Gasteiger partial charge in [0, 0.05) is 19.3 Å². The smallest absolute Gasteiger partial charge is 0.306 e. The van der Waals surface area contributed by atoms with Crippen LogP contribution in [0.4, 0.5) is 0 Å². The number of hydrogen-bond acceptors (Lipinski definition) is 6. The average molecular weight is 1030 g/mol. The second-order valence-electron chi connectivity index (χ2n) is 22.4. The summed E-state index contributed by atoms with van der Waals surface area (Å²) >= 11 is 0. The van der Waals surface area contributed by atoms with Gasteiger partial charge in [-0.05, 0) is 70.6 Å². The third-order valence-electron chi connectivity index (χ3n) is 14.9. The standard InChI is InChI=1S/C67H126O6/c1-4-7-10-13-16-19-22-25-28-31-32-33-34-37-39-42-45-48-51-54-57-60-66(69)72-63-64(73-67(70)61-58-55-52-49-46-43-40-36-30-27-24-21-18-15-12-9-6-3)62-71-65(68)59-56-53-50-47-44-41-38-35-29-26-23-20-17-14-11-8-5-2/h26-27,29-30,64H,4-25,28,31-63H2,1-3H3/b29-26-,30-27-/t64-/m1/s1. The first-order valence-electron chi connectivity index (χ1n) is 32.8. The van der Waals surface area contributed by atoms with Crippen molar-refractivity contribution >= 4 is 17.9 Å². The van der Waals surface area contributed by atoms with E-state index >= 15 is 0 Å². The summed E-state index contributed by atoms with van der Waals surface area (Å²) in [6, 6.07) is 0. The van der Waals surface area contributed by atoms with Gasteiger partial charge in [-0.2, -0.15) is 0 Å². The van der Waals surface area contributed by atoms with E-state index < -0.39 is 6.10 Å². The van der Waals surface area contributed by atoms with Gasteiger partial charge in [-0.15, -0.1) is 0 Å². The first-order chi connectivity index (χ1) is 36.0. The minimum absolute atomic E-state index is 0.0692. The first-order valence-corrected chi connectivity index (χ1v) is 32.8. The van der Waals surface area contributed by atoms with Crippen molar-refractivity contribution in [2.24, 2.45) is 0 Å². The number of unbranched alkanes of at least 4 members (excludes halogenated alkanes) is 46. The van der Waals surface area contributed by atoms with Crippen LogP contribution in [-0.2, 0) is 28.6 Å². The Morgan fingerprint density at radius 2 is 0.452 bits per heavy atom. The second kappa shape index (κ2) is 62.4. The van der Waals surface area contributed by atoms with Crippen LogP contribution in [0.1, 0.15) is 367 Å². The maximum Gasteiger partial charge on any atom is 0.306 e. The van der Waals surface area contributed by atoms with Gasteiger partial charge in [-0.1, -0.05) is 302 Å². The largest absolute Gasteiger partial charge is 0.462 e. The van der Waals surface area contributed by atoms with Gasteiger partial charge in [-0.25, -0.2) is 0 Å². The third kappa shape index (κ3) is 60.6. The van der Waals surface area contributed by atoms with Crippen LogP contribution in [0, 0.1) is 0 Å². The quantitative estimate of drug-likeness (QED) is 0.0261. The molecule has 0 aromatic rings. The fourth-order valence-electron chi connectivity index (χ4n) is 9.97. The lowest BCUT2D eigenvalue weighted by molar-refractivity contribution is -0.167. The number of carbonyl (C=O) groups excluding carboxylic acids is 3. The van der Waals surface area contributed by atoms with Crippen LogP contribution in [0.2, 0.25) is 0 Å². The Morgan fingerprint density at radius 3 is 0.685 bits per heavy atom. The predicted octanol–water partition coefficient (Wildman–Crippen LogP) is 22.2. The lowest BCUT2D eigenvalue weighted by Crippen LogP contribution is -2.30. The molecule has 0 saturated heterocycles. The van der Waals surface area contributed by atoms with Crippen molar-refractivity contribution in [3.05, 3.63) is 24.3 Å². The molecule has 0 aromatic carbocycles. The Kier molecular flexibility index (Phi) is 60.6. The molecule has 73 heavy (non-hydrogen) atoms. The summed E-state index contributed by atoms with van der Waals surface area (Å²) in [5, 5.41) is 0. The molecule has 0 radical (unpaired) electrons. The zero-order valence-corrected chi connectivity index (χ0v) is 49.4. The van der Waals surface area contributed by atoms with E-state index in [1.807, 2.05) is 0 Å². The van der Waals surface area contributed by atoms with Crippen LogP contribution >= 0.6 is 0 Å². The van der Waals surface area contributed by atoms with Crippen molar-refractivity contribution in [2.75, 3.05) is 13.2 Å². The van der Waals surface area contributed by atoms with Crippen LogP contribution in [0.25, 0.3) is 0 Å². The highest BCUT2D eigenvalue weighted by atomic mass is 16.6. The second-order valence-corrected chi connectivity index (χ2v) is 22.4. The van der Waals surface area contributed by atoms with E-state index in [0.717, 1.165) is 57.8 Å². The molecule has 0 unspecified atom stereocenters. The lowest BCUT2D eigenvalue weighted by atomic mass is 10.0. The van der Waals surface area contributed by atoms with Crippen molar-refractivity contribution in [2.45, 2.75) is 374 Å². The Hall–Kier alpha value is -2.11. The molecule has 0 amide bonds. The summed E-state index contributed by atoms with van der Waals surface area (Å²) in [5.41, 5.74) is 0. The minimum Gasteiger partial charge on any atom is -0.462 e. The van der Waals surface area contributed by atoms with Crippen molar-refractivity contribution in [3.8, 4) is 0 Å². The molecule has 0 fully saturated rings. The van der Waals surface area contributed by atoms with E-state index in [0.29, 0.717) is 19.3 Å². The maximum absolute atomic E-state index is 12.9. The molecule has 0 saturated carbocycles. The minimum atomic E-state index is -0.773. The van der Waals surface area contributed by atoms with Gasteiger partial charge >= 0.3 is 17.9 Å². The van der Waals surface area contributed by atoms with E-state index in [1.54, 1.807) is 0 Å². The molecule has 0 aliphatic rings. The highest BCUT2D eigenvalue weighted by molar-refractivity contribution is 5.71. The van der Waals surface area contributed by atoms with Crippen LogP contribution < -0.4 is 0 Å². The summed E-state index contributed by atoms with van der Waals surface area (Å²) < 4.78 is 17.0. The normalized spacial score (nSPS) is 12.1. The van der Waals surface area contributed by atoms with Gasteiger partial charge < -0.3 is 14.2 Å². The molecule has 0 heterocycles. The van der Waals surface area contributed by atoms with Gasteiger partial charge in [0.2, 0.25) is 0 Å². The van der Waals surface area contributed by atoms with Crippen LogP contribution in [0.15, 0.2) is 24.3 Å². The van der Waals surface area contributed by atoms with Gasteiger partial charge in [-0.3, -0.25) is 14.4 Å². The number of carbonyl (C=O) groups is 3. The van der Waals surface area contributed by atoms with Gasteiger partial charge in [0.05, 0.1) is 0 Å². The molecule has 0 aliphatic carbocycles. The summed E-state index contributed by atoms with van der Waals surface area (Å²) in [7, 11) is 0. The number of rotatable bonds is 61. The van der Waals surface area contributed by atoms with Gasteiger partial charge in [0.25, 0.3) is 0 Å². The van der Waals surface area contributed by atoms with Crippen molar-refractivity contribution in [1.29, 1.82) is 0 Å². The topological polar surface area (TPSA) is 78.9 Å². The zero-order chi connectivity index (χ0) is 52.9. The monoisotopic (exact) mass is 1030 g/mol. The SMILES string of the molecule is CCCCCCCC/C=C\CCCCCCCCCC(=O)OC[C@H](COC(=O)CCCCCCCCCCCCCCCCCCCCCCC)OC(=O)CCCCCCCCC/C=C\CCCCCCCC. The summed E-state index contributed by atoms with van der Waals surface area (Å²) in [6.07, 6.45) is 74.7. The van der Waals surface area contributed by atoms with Crippen molar-refractivity contribution in [3.63, 3.8) is 0 Å². The molecule has 0 rings (SSSR count). The van der Waals surface area contributed by atoms with Crippen LogP contribution in [0.3, 0.4) is 0 Å². The Labute approximate surface area is 455 Å². The number of ether oxygens (including phenoxy) is 3. The molecule has 430 valence electrons. The predicted molar refractivity (Wildman–Crippen MR) is 316 cm³/mol. The van der Waals surface area contributed by atoms with E-state index in [-0.39, 0.29) is 31.1 Å². The maximum atomic E-state index is 12.9. The van der Waals surface area contributed by atoms with Crippen molar-refractivity contribution in [1.82, 2.24) is 0 Å². The molecule has 6 heteroatoms. The van der Waals surface area contributed by atoms with E-state index in [4.69, 9.17) is 14.2 Å². The summed E-state index contributed by atoms with van der Waals surface area (Å²) in [5.74, 6) is -0.850. The third-order valence-corrected chi connectivity index (χ3v) is 14.9. The highest BCUT2D eigenvalue weighted by Crippen LogP contribution is 2.18. The molecular formula is C67H126O6. The fraction of sp³-hybridized carbons (Fsp3) is 0.896. The molecule has 0 spiro atoms. The highest BCUT2D eigenvalue weighted by Gasteiger charge is 2.19. The van der Waals surface area contributed by atoms with E-state index in [9.17, 15) is 14.4 Å². The number of esters is 3. The number of hydrogen-bond donors (Lipinski definition) is 0. The molecule has 0 N–H and O–H groups in total. The van der Waals surface area contributed by atoms with Crippen LogP contribution in [0.5, 0.6) is 0 Å². The van der Waals surface area contributed by atoms with Gasteiger partial charge in [0.15, 0.2) is 6.10 Å². The molecular weight excluding hydrogens is 901 g/mol. The average Bonchev–Trinajstić information content (AvgIpc) is 3.39. The summed E-state index contributed by atoms with van der Waals surface area (Å²) in [4.78, 5) is 38.3. The molecule has 0 bridgehead atoms. The van der Waals surface area contributed by atoms with Crippen molar-refractivity contribution < 1.29 is 28.6 Å². The molecule has 0 aromatic heterocycles. The molecule has 6 nitrogen and oxygen atoms in total. The van der Waals surface area contributed by atoms with E-state index in [1.165, 1.54) is 270 Å². The van der Waals surface area contributed by atoms with Crippen LogP contribution in [-0.4, -0.2) is 37.2 Å². The Balaban J connectivity index is 4.31. The Morgan fingerprint density at radius 1 is 0.260 bits per heavy atom. The van der Waals surface area contributed by atoms with Gasteiger partial charge in [0.1, 0.15) is 13.2 Å². The summed E-state index contributed by atoms with van der Waals surface area (Å²) in [6.45, 7) is 6.70. The molecule has 0 aliphatic heterocycles. The first kappa shape index (κ1) is 70.9. The fourth-order valence-corrected chi connectivity index (χ4v) is 9.97. The number of allylic oxidation sites excluding steroid dienone is 4. The lowest BCUT2D eigenvalue weighted by Gasteiger charge is -2.18. The molecule has 1 atom stereocenters. The zero-order valence-electron chi connectivity index (χ0n) is 49.4. The Bertz CT molecular complexity index is 1180. The van der Waals surface area contributed by atoms with E-state index in [2.05, 4.69) is 45.1 Å².